The SMILES string of the molecule is COc1c(C(C)(C)C)cc(S(=O)(=O)[O-])cc1C(C)(C)C. The van der Waals surface area contributed by atoms with Crippen LogP contribution in [0.4, 0.5) is 0 Å². The Hall–Kier alpha value is -1.07. The molecule has 0 amide bonds. The molecule has 0 spiro atoms. The monoisotopic (exact) mass is 299 g/mol. The average molecular weight is 299 g/mol. The Morgan fingerprint density at radius 2 is 1.30 bits per heavy atom. The average Bonchev–Trinajstić information content (AvgIpc) is 2.23. The van der Waals surface area contributed by atoms with Gasteiger partial charge in [-0.15, -0.1) is 0 Å². The third-order valence-electron chi connectivity index (χ3n) is 3.17. The van der Waals surface area contributed by atoms with E-state index in [4.69, 9.17) is 4.74 Å². The first kappa shape index (κ1) is 17.0. The molecule has 20 heavy (non-hydrogen) atoms. The summed E-state index contributed by atoms with van der Waals surface area (Å²) in [7, 11) is -2.94. The van der Waals surface area contributed by atoms with Gasteiger partial charge in [0.05, 0.1) is 12.0 Å². The van der Waals surface area contributed by atoms with Gasteiger partial charge in [0.15, 0.2) is 0 Å². The van der Waals surface area contributed by atoms with Gasteiger partial charge in [0.2, 0.25) is 0 Å². The Morgan fingerprint density at radius 3 is 1.50 bits per heavy atom. The molecular weight excluding hydrogens is 276 g/mol. The van der Waals surface area contributed by atoms with Crippen molar-refractivity contribution in [2.45, 2.75) is 57.3 Å². The molecule has 0 aliphatic carbocycles. The Kier molecular flexibility index (Phi) is 4.28. The highest BCUT2D eigenvalue weighted by Gasteiger charge is 2.28. The van der Waals surface area contributed by atoms with Crippen molar-refractivity contribution in [2.75, 3.05) is 7.11 Å². The van der Waals surface area contributed by atoms with Gasteiger partial charge in [0, 0.05) is 11.1 Å². The van der Waals surface area contributed by atoms with Crippen molar-refractivity contribution in [1.29, 1.82) is 0 Å². The molecule has 0 fully saturated rings. The molecule has 0 aliphatic heterocycles. The van der Waals surface area contributed by atoms with Crippen LogP contribution in [0.5, 0.6) is 5.75 Å². The molecule has 0 radical (unpaired) electrons. The van der Waals surface area contributed by atoms with Crippen LogP contribution < -0.4 is 4.74 Å². The lowest BCUT2D eigenvalue weighted by Crippen LogP contribution is -2.20. The van der Waals surface area contributed by atoms with Crippen molar-refractivity contribution in [3.63, 3.8) is 0 Å². The highest BCUT2D eigenvalue weighted by atomic mass is 32.2. The van der Waals surface area contributed by atoms with Crippen LogP contribution in [0.2, 0.25) is 0 Å². The van der Waals surface area contributed by atoms with Crippen molar-refractivity contribution in [3.05, 3.63) is 23.3 Å². The second-order valence-electron chi connectivity index (χ2n) is 7.01. The molecule has 0 aliphatic rings. The van der Waals surface area contributed by atoms with Crippen LogP contribution in [0.25, 0.3) is 0 Å². The van der Waals surface area contributed by atoms with E-state index >= 15 is 0 Å². The first-order chi connectivity index (χ1) is 8.78. The van der Waals surface area contributed by atoms with Crippen LogP contribution in [0, 0.1) is 0 Å². The normalized spacial score (nSPS) is 13.4. The number of hydrogen-bond acceptors (Lipinski definition) is 4. The van der Waals surface area contributed by atoms with Crippen LogP contribution in [0.15, 0.2) is 17.0 Å². The van der Waals surface area contributed by atoms with E-state index in [1.54, 1.807) is 7.11 Å². The highest BCUT2D eigenvalue weighted by molar-refractivity contribution is 7.85. The molecule has 114 valence electrons. The molecule has 0 heterocycles. The summed E-state index contributed by atoms with van der Waals surface area (Å²) in [6.07, 6.45) is 0. The molecule has 1 aromatic carbocycles. The van der Waals surface area contributed by atoms with E-state index in [2.05, 4.69) is 0 Å². The van der Waals surface area contributed by atoms with Crippen LogP contribution in [0.3, 0.4) is 0 Å². The Morgan fingerprint density at radius 1 is 0.950 bits per heavy atom. The molecule has 0 unspecified atom stereocenters. The zero-order chi connectivity index (χ0) is 15.9. The Bertz CT molecular complexity index is 567. The predicted molar refractivity (Wildman–Crippen MR) is 78.4 cm³/mol. The predicted octanol–water partition coefficient (Wildman–Crippen LogP) is 3.19. The van der Waals surface area contributed by atoms with Gasteiger partial charge in [-0.05, 0) is 23.0 Å². The van der Waals surface area contributed by atoms with Gasteiger partial charge in [0.25, 0.3) is 0 Å². The molecule has 5 heteroatoms. The molecule has 1 rings (SSSR count). The third-order valence-corrected chi connectivity index (χ3v) is 3.98. The number of rotatable bonds is 2. The van der Waals surface area contributed by atoms with Crippen LogP contribution >= 0.6 is 0 Å². The zero-order valence-corrected chi connectivity index (χ0v) is 14.0. The Balaban J connectivity index is 3.85. The largest absolute Gasteiger partial charge is 0.744 e. The van der Waals surface area contributed by atoms with E-state index in [1.807, 2.05) is 41.5 Å². The smallest absolute Gasteiger partial charge is 0.126 e. The van der Waals surface area contributed by atoms with Gasteiger partial charge in [-0.2, -0.15) is 0 Å². The van der Waals surface area contributed by atoms with Crippen molar-refractivity contribution >= 4 is 10.1 Å². The van der Waals surface area contributed by atoms with Crippen molar-refractivity contribution in [2.24, 2.45) is 0 Å². The summed E-state index contributed by atoms with van der Waals surface area (Å²) in [5.74, 6) is 0.650. The van der Waals surface area contributed by atoms with E-state index in [-0.39, 0.29) is 15.7 Å². The zero-order valence-electron chi connectivity index (χ0n) is 13.2. The maximum Gasteiger partial charge on any atom is 0.126 e. The lowest BCUT2D eigenvalue weighted by Gasteiger charge is -2.30. The fraction of sp³-hybridized carbons (Fsp3) is 0.600. The van der Waals surface area contributed by atoms with Gasteiger partial charge in [-0.1, -0.05) is 41.5 Å². The van der Waals surface area contributed by atoms with E-state index < -0.39 is 10.1 Å². The summed E-state index contributed by atoms with van der Waals surface area (Å²) in [5, 5.41) is 0. The lowest BCUT2D eigenvalue weighted by atomic mass is 9.79. The minimum absolute atomic E-state index is 0.201. The highest BCUT2D eigenvalue weighted by Crippen LogP contribution is 2.41. The van der Waals surface area contributed by atoms with E-state index in [1.165, 1.54) is 12.1 Å². The minimum atomic E-state index is -4.50. The fourth-order valence-electron chi connectivity index (χ4n) is 2.08. The van der Waals surface area contributed by atoms with E-state index in [9.17, 15) is 13.0 Å². The van der Waals surface area contributed by atoms with Crippen molar-refractivity contribution < 1.29 is 17.7 Å². The Labute approximate surface area is 121 Å². The maximum absolute atomic E-state index is 11.4. The van der Waals surface area contributed by atoms with Gasteiger partial charge >= 0.3 is 0 Å². The van der Waals surface area contributed by atoms with Gasteiger partial charge in [-0.3, -0.25) is 0 Å². The second-order valence-corrected chi connectivity index (χ2v) is 8.39. The van der Waals surface area contributed by atoms with E-state index in [0.29, 0.717) is 5.75 Å². The molecular formula is C15H23O4S-. The van der Waals surface area contributed by atoms with E-state index in [0.717, 1.165) is 11.1 Å². The topological polar surface area (TPSA) is 66.4 Å². The van der Waals surface area contributed by atoms with Gasteiger partial charge in [-0.25, -0.2) is 8.42 Å². The molecule has 0 aromatic heterocycles. The maximum atomic E-state index is 11.4. The number of benzene rings is 1. The molecule has 0 atom stereocenters. The van der Waals surface area contributed by atoms with Crippen LogP contribution in [-0.4, -0.2) is 20.1 Å². The minimum Gasteiger partial charge on any atom is -0.744 e. The summed E-state index contributed by atoms with van der Waals surface area (Å²) in [5.41, 5.74) is 0.793. The van der Waals surface area contributed by atoms with Crippen molar-refractivity contribution in [3.8, 4) is 5.75 Å². The molecule has 0 N–H and O–H groups in total. The lowest BCUT2D eigenvalue weighted by molar-refractivity contribution is 0.380. The van der Waals surface area contributed by atoms with Crippen LogP contribution in [0.1, 0.15) is 52.7 Å². The molecule has 1 aromatic rings. The molecule has 4 nitrogen and oxygen atoms in total. The summed E-state index contributed by atoms with van der Waals surface area (Å²) in [4.78, 5) is -0.201. The van der Waals surface area contributed by atoms with Crippen LogP contribution in [-0.2, 0) is 20.9 Å². The number of ether oxygens (including phenoxy) is 1. The number of methoxy groups -OCH3 is 1. The first-order valence-electron chi connectivity index (χ1n) is 6.47. The summed E-state index contributed by atoms with van der Waals surface area (Å²) in [6, 6.07) is 2.85. The number of hydrogen-bond donors (Lipinski definition) is 0. The fourth-order valence-corrected chi connectivity index (χ4v) is 2.61. The molecule has 0 saturated heterocycles. The summed E-state index contributed by atoms with van der Waals surface area (Å²) in [6.45, 7) is 11.7. The summed E-state index contributed by atoms with van der Waals surface area (Å²) >= 11 is 0. The van der Waals surface area contributed by atoms with Gasteiger partial charge < -0.3 is 9.29 Å². The first-order valence-corrected chi connectivity index (χ1v) is 7.88. The molecule has 0 saturated carbocycles. The second kappa shape index (κ2) is 5.04. The van der Waals surface area contributed by atoms with Gasteiger partial charge in [0.1, 0.15) is 15.9 Å². The van der Waals surface area contributed by atoms with Crippen molar-refractivity contribution in [1.82, 2.24) is 0 Å². The summed E-state index contributed by atoms with van der Waals surface area (Å²) < 4.78 is 39.7. The molecule has 0 bridgehead atoms. The quantitative estimate of drug-likeness (QED) is 0.787. The third kappa shape index (κ3) is 3.52. The standard InChI is InChI=1S/C15H24O4S/c1-14(2,3)11-8-10(20(16,17)18)9-12(13(11)19-7)15(4,5)6/h8-9H,1-7H3,(H,16,17,18)/p-1.